The topological polar surface area (TPSA) is 33.5 Å². The highest BCUT2D eigenvalue weighted by Crippen LogP contribution is 2.30. The lowest BCUT2D eigenvalue weighted by atomic mass is 10.0. The van der Waals surface area contributed by atoms with E-state index in [0.29, 0.717) is 17.9 Å². The monoisotopic (exact) mass is 321 g/mol. The zero-order chi connectivity index (χ0) is 16.5. The molecule has 2 heterocycles. The van der Waals surface area contributed by atoms with Gasteiger partial charge in [0.15, 0.2) is 5.76 Å². The van der Waals surface area contributed by atoms with Crippen molar-refractivity contribution >= 4 is 11.6 Å². The van der Waals surface area contributed by atoms with Crippen molar-refractivity contribution in [3.05, 3.63) is 77.8 Å². The number of carbonyl (C=O) groups excluding carboxylic acids is 1. The first-order valence-electron chi connectivity index (χ1n) is 7.98. The van der Waals surface area contributed by atoms with Crippen molar-refractivity contribution in [3.63, 3.8) is 0 Å². The predicted molar refractivity (Wildman–Crippen MR) is 90.5 cm³/mol. The standard InChI is InChI=1S/C20H16FNO2/c21-16-9-3-2-8-15(16)18-11-12-19(24-18)20(23)22-13-5-7-14-6-1-4-10-17(14)22/h1-4,6,8-12H,5,7,13H2. The molecule has 3 aromatic rings. The van der Waals surface area contributed by atoms with E-state index < -0.39 is 0 Å². The van der Waals surface area contributed by atoms with Crippen molar-refractivity contribution in [2.75, 3.05) is 11.4 Å². The number of para-hydroxylation sites is 1. The van der Waals surface area contributed by atoms with Gasteiger partial charge in [-0.2, -0.15) is 0 Å². The molecular weight excluding hydrogens is 305 g/mol. The van der Waals surface area contributed by atoms with Crippen LogP contribution in [0.1, 0.15) is 22.5 Å². The van der Waals surface area contributed by atoms with Crippen LogP contribution >= 0.6 is 0 Å². The second-order valence-corrected chi connectivity index (χ2v) is 5.83. The zero-order valence-corrected chi connectivity index (χ0v) is 13.0. The summed E-state index contributed by atoms with van der Waals surface area (Å²) in [5.74, 6) is 0.0330. The van der Waals surface area contributed by atoms with Crippen LogP contribution < -0.4 is 4.90 Å². The molecule has 0 bridgehead atoms. The van der Waals surface area contributed by atoms with E-state index in [9.17, 15) is 9.18 Å². The number of hydrogen-bond acceptors (Lipinski definition) is 2. The van der Waals surface area contributed by atoms with Gasteiger partial charge >= 0.3 is 0 Å². The summed E-state index contributed by atoms with van der Waals surface area (Å²) in [5.41, 5.74) is 2.45. The molecule has 0 saturated heterocycles. The fraction of sp³-hybridized carbons (Fsp3) is 0.150. The van der Waals surface area contributed by atoms with E-state index in [4.69, 9.17) is 4.42 Å². The normalized spacial score (nSPS) is 13.6. The third kappa shape index (κ3) is 2.50. The third-order valence-electron chi connectivity index (χ3n) is 4.31. The molecule has 1 aliphatic rings. The Morgan fingerprint density at radius 3 is 2.67 bits per heavy atom. The number of rotatable bonds is 2. The first-order valence-corrected chi connectivity index (χ1v) is 7.98. The third-order valence-corrected chi connectivity index (χ3v) is 4.31. The minimum Gasteiger partial charge on any atom is -0.451 e. The quantitative estimate of drug-likeness (QED) is 0.687. The van der Waals surface area contributed by atoms with Gasteiger partial charge in [0.2, 0.25) is 0 Å². The van der Waals surface area contributed by atoms with Gasteiger partial charge in [0.1, 0.15) is 11.6 Å². The maximum Gasteiger partial charge on any atom is 0.293 e. The molecule has 0 unspecified atom stereocenters. The van der Waals surface area contributed by atoms with E-state index in [-0.39, 0.29) is 17.5 Å². The number of hydrogen-bond donors (Lipinski definition) is 0. The minimum atomic E-state index is -0.367. The summed E-state index contributed by atoms with van der Waals surface area (Å²) in [4.78, 5) is 14.6. The lowest BCUT2D eigenvalue weighted by molar-refractivity contribution is 0.0959. The number of furan rings is 1. The highest BCUT2D eigenvalue weighted by molar-refractivity contribution is 6.05. The maximum atomic E-state index is 13.9. The molecule has 0 atom stereocenters. The molecule has 1 aliphatic heterocycles. The lowest BCUT2D eigenvalue weighted by Crippen LogP contribution is -2.35. The molecule has 0 fully saturated rings. The highest BCUT2D eigenvalue weighted by Gasteiger charge is 2.25. The summed E-state index contributed by atoms with van der Waals surface area (Å²) in [6, 6.07) is 17.5. The van der Waals surface area contributed by atoms with Crippen LogP contribution in [-0.4, -0.2) is 12.5 Å². The van der Waals surface area contributed by atoms with Gasteiger partial charge in [-0.25, -0.2) is 4.39 Å². The summed E-state index contributed by atoms with van der Waals surface area (Å²) in [7, 11) is 0. The lowest BCUT2D eigenvalue weighted by Gasteiger charge is -2.28. The number of carbonyl (C=O) groups is 1. The van der Waals surface area contributed by atoms with Crippen LogP contribution in [0.3, 0.4) is 0 Å². The Morgan fingerprint density at radius 1 is 1.00 bits per heavy atom. The Hall–Kier alpha value is -2.88. The SMILES string of the molecule is O=C(c1ccc(-c2ccccc2F)o1)N1CCCc2ccccc21. The van der Waals surface area contributed by atoms with Gasteiger partial charge in [-0.3, -0.25) is 4.79 Å². The summed E-state index contributed by atoms with van der Waals surface area (Å²) in [6.07, 6.45) is 1.89. The number of aryl methyl sites for hydroxylation is 1. The molecule has 120 valence electrons. The first-order chi connectivity index (χ1) is 11.7. The van der Waals surface area contributed by atoms with Crippen LogP contribution in [0.25, 0.3) is 11.3 Å². The highest BCUT2D eigenvalue weighted by atomic mass is 19.1. The largest absolute Gasteiger partial charge is 0.451 e. The van der Waals surface area contributed by atoms with Crippen LogP contribution in [0.2, 0.25) is 0 Å². The van der Waals surface area contributed by atoms with Gasteiger partial charge in [0, 0.05) is 12.2 Å². The minimum absolute atomic E-state index is 0.190. The Bertz CT molecular complexity index is 900. The summed E-state index contributed by atoms with van der Waals surface area (Å²) in [5, 5.41) is 0. The predicted octanol–water partition coefficient (Wildman–Crippen LogP) is 4.68. The molecule has 1 amide bonds. The molecule has 0 aliphatic carbocycles. The van der Waals surface area contributed by atoms with Gasteiger partial charge in [0.25, 0.3) is 5.91 Å². The van der Waals surface area contributed by atoms with E-state index >= 15 is 0 Å². The smallest absolute Gasteiger partial charge is 0.293 e. The Balaban J connectivity index is 1.66. The van der Waals surface area contributed by atoms with Crippen molar-refractivity contribution in [1.29, 1.82) is 0 Å². The van der Waals surface area contributed by atoms with Gasteiger partial charge < -0.3 is 9.32 Å². The van der Waals surface area contributed by atoms with Gasteiger partial charge in [-0.1, -0.05) is 30.3 Å². The second kappa shape index (κ2) is 5.96. The van der Waals surface area contributed by atoms with Gasteiger partial charge in [-0.05, 0) is 48.7 Å². The van der Waals surface area contributed by atoms with Crippen LogP contribution in [0.5, 0.6) is 0 Å². The van der Waals surface area contributed by atoms with E-state index in [1.165, 1.54) is 6.07 Å². The van der Waals surface area contributed by atoms with E-state index in [1.54, 1.807) is 35.2 Å². The van der Waals surface area contributed by atoms with Crippen molar-refractivity contribution < 1.29 is 13.6 Å². The van der Waals surface area contributed by atoms with Crippen molar-refractivity contribution in [2.45, 2.75) is 12.8 Å². The average Bonchev–Trinajstić information content (AvgIpc) is 3.11. The Morgan fingerprint density at radius 2 is 1.79 bits per heavy atom. The molecule has 4 heteroatoms. The molecule has 3 nitrogen and oxygen atoms in total. The van der Waals surface area contributed by atoms with Crippen LogP contribution in [0, 0.1) is 5.82 Å². The second-order valence-electron chi connectivity index (χ2n) is 5.83. The number of anilines is 1. The molecular formula is C20H16FNO2. The van der Waals surface area contributed by atoms with Crippen LogP contribution in [0.4, 0.5) is 10.1 Å². The molecule has 1 aromatic heterocycles. The molecule has 2 aromatic carbocycles. The molecule has 0 N–H and O–H groups in total. The molecule has 0 spiro atoms. The van der Waals surface area contributed by atoms with E-state index in [2.05, 4.69) is 0 Å². The van der Waals surface area contributed by atoms with E-state index in [1.807, 2.05) is 24.3 Å². The average molecular weight is 321 g/mol. The van der Waals surface area contributed by atoms with Gasteiger partial charge in [-0.15, -0.1) is 0 Å². The Labute approximate surface area is 139 Å². The summed E-state index contributed by atoms with van der Waals surface area (Å²) >= 11 is 0. The fourth-order valence-electron chi connectivity index (χ4n) is 3.14. The van der Waals surface area contributed by atoms with Crippen LogP contribution in [0.15, 0.2) is 65.1 Å². The number of benzene rings is 2. The number of halogens is 1. The van der Waals surface area contributed by atoms with Crippen molar-refractivity contribution in [3.8, 4) is 11.3 Å². The number of nitrogens with zero attached hydrogens (tertiary/aromatic N) is 1. The van der Waals surface area contributed by atoms with E-state index in [0.717, 1.165) is 24.1 Å². The Kier molecular flexibility index (Phi) is 3.65. The van der Waals surface area contributed by atoms with Gasteiger partial charge in [0.05, 0.1) is 5.56 Å². The fourth-order valence-corrected chi connectivity index (χ4v) is 3.14. The molecule has 0 saturated carbocycles. The number of amides is 1. The first kappa shape index (κ1) is 14.7. The molecule has 24 heavy (non-hydrogen) atoms. The summed E-state index contributed by atoms with van der Waals surface area (Å²) in [6.45, 7) is 0.658. The molecule has 4 rings (SSSR count). The molecule has 0 radical (unpaired) electrons. The number of fused-ring (bicyclic) bond motifs is 1. The van der Waals surface area contributed by atoms with Crippen LogP contribution in [-0.2, 0) is 6.42 Å². The van der Waals surface area contributed by atoms with Crippen molar-refractivity contribution in [1.82, 2.24) is 0 Å². The van der Waals surface area contributed by atoms with Crippen molar-refractivity contribution in [2.24, 2.45) is 0 Å². The summed E-state index contributed by atoms with van der Waals surface area (Å²) < 4.78 is 19.5. The maximum absolute atomic E-state index is 13.9. The zero-order valence-electron chi connectivity index (χ0n) is 13.0.